The topological polar surface area (TPSA) is 23.6 Å². The Bertz CT molecular complexity index is 751. The van der Waals surface area contributed by atoms with Crippen molar-refractivity contribution in [2.75, 3.05) is 18.0 Å². The van der Waals surface area contributed by atoms with Gasteiger partial charge in [0.2, 0.25) is 5.91 Å². The van der Waals surface area contributed by atoms with E-state index in [0.29, 0.717) is 6.42 Å². The molecular weight excluding hydrogens is 356 g/mol. The molecule has 3 rings (SSSR count). The van der Waals surface area contributed by atoms with Crippen LogP contribution in [0.2, 0.25) is 5.02 Å². The fraction of sp³-hybridized carbons (Fsp3) is 0.435. The highest BCUT2D eigenvalue weighted by molar-refractivity contribution is 6.31. The minimum Gasteiger partial charge on any atom is -0.309 e. The Morgan fingerprint density at radius 3 is 2.41 bits per heavy atom. The molecule has 0 aliphatic carbocycles. The lowest BCUT2D eigenvalue weighted by atomic mass is 10.0. The lowest BCUT2D eigenvalue weighted by Gasteiger charge is -2.39. The van der Waals surface area contributed by atoms with Crippen molar-refractivity contribution >= 4 is 23.2 Å². The van der Waals surface area contributed by atoms with Crippen LogP contribution in [0, 0.1) is 6.92 Å². The van der Waals surface area contributed by atoms with Gasteiger partial charge in [-0.25, -0.2) is 0 Å². The number of amides is 1. The fourth-order valence-corrected chi connectivity index (χ4v) is 4.00. The van der Waals surface area contributed by atoms with Gasteiger partial charge in [-0.3, -0.25) is 9.69 Å². The minimum absolute atomic E-state index is 0.242. The van der Waals surface area contributed by atoms with Gasteiger partial charge in [0.1, 0.15) is 0 Å². The predicted molar refractivity (Wildman–Crippen MR) is 113 cm³/mol. The number of benzene rings is 2. The molecule has 144 valence electrons. The van der Waals surface area contributed by atoms with Crippen LogP contribution in [0.15, 0.2) is 48.5 Å². The largest absolute Gasteiger partial charge is 0.309 e. The van der Waals surface area contributed by atoms with Gasteiger partial charge in [-0.1, -0.05) is 54.4 Å². The second kappa shape index (κ2) is 9.38. The Balaban J connectivity index is 1.68. The summed E-state index contributed by atoms with van der Waals surface area (Å²) in [4.78, 5) is 17.3. The SMILES string of the molecule is CCCC(=O)N(c1ccc(C)cc1)C1CCN(Cc2ccccc2Cl)CC1. The lowest BCUT2D eigenvalue weighted by molar-refractivity contribution is -0.119. The zero-order chi connectivity index (χ0) is 19.2. The first-order valence-electron chi connectivity index (χ1n) is 9.93. The summed E-state index contributed by atoms with van der Waals surface area (Å²) in [6.07, 6.45) is 3.47. The highest BCUT2D eigenvalue weighted by Gasteiger charge is 2.28. The van der Waals surface area contributed by atoms with Crippen LogP contribution in [-0.4, -0.2) is 29.9 Å². The molecule has 0 aromatic heterocycles. The van der Waals surface area contributed by atoms with E-state index < -0.39 is 0 Å². The van der Waals surface area contributed by atoms with E-state index in [1.807, 2.05) is 18.2 Å². The van der Waals surface area contributed by atoms with E-state index in [0.717, 1.165) is 49.6 Å². The van der Waals surface area contributed by atoms with E-state index >= 15 is 0 Å². The first-order valence-corrected chi connectivity index (χ1v) is 10.3. The van der Waals surface area contributed by atoms with Gasteiger partial charge in [0.15, 0.2) is 0 Å². The standard InChI is InChI=1S/C23H29ClN2O/c1-3-6-23(27)26(20-11-9-18(2)10-12-20)21-13-15-25(16-14-21)17-19-7-4-5-8-22(19)24/h4-5,7-12,21H,3,6,13-17H2,1-2H3. The summed E-state index contributed by atoms with van der Waals surface area (Å²) in [5, 5.41) is 0.832. The van der Waals surface area contributed by atoms with Crippen molar-refractivity contribution in [1.29, 1.82) is 0 Å². The van der Waals surface area contributed by atoms with Crippen molar-refractivity contribution in [2.24, 2.45) is 0 Å². The molecule has 1 fully saturated rings. The number of aryl methyl sites for hydroxylation is 1. The number of piperidine rings is 1. The summed E-state index contributed by atoms with van der Waals surface area (Å²) in [6.45, 7) is 6.99. The number of rotatable bonds is 6. The van der Waals surface area contributed by atoms with Crippen molar-refractivity contribution < 1.29 is 4.79 Å². The smallest absolute Gasteiger partial charge is 0.227 e. The molecule has 2 aromatic rings. The van der Waals surface area contributed by atoms with Gasteiger partial charge in [0, 0.05) is 42.8 Å². The quantitative estimate of drug-likeness (QED) is 0.661. The Morgan fingerprint density at radius 1 is 1.11 bits per heavy atom. The van der Waals surface area contributed by atoms with E-state index in [2.05, 4.69) is 54.0 Å². The number of anilines is 1. The Labute approximate surface area is 167 Å². The first kappa shape index (κ1) is 19.9. The molecule has 0 N–H and O–H groups in total. The van der Waals surface area contributed by atoms with Crippen LogP contribution in [0.25, 0.3) is 0 Å². The number of likely N-dealkylation sites (tertiary alicyclic amines) is 1. The zero-order valence-electron chi connectivity index (χ0n) is 16.3. The summed E-state index contributed by atoms with van der Waals surface area (Å²) in [5.41, 5.74) is 3.43. The number of hydrogen-bond donors (Lipinski definition) is 0. The molecule has 1 saturated heterocycles. The molecule has 0 bridgehead atoms. The lowest BCUT2D eigenvalue weighted by Crippen LogP contribution is -2.47. The Hall–Kier alpha value is -1.84. The molecule has 1 aliphatic rings. The first-order chi connectivity index (χ1) is 13.1. The number of hydrogen-bond acceptors (Lipinski definition) is 2. The van der Waals surface area contributed by atoms with Crippen LogP contribution < -0.4 is 4.90 Å². The van der Waals surface area contributed by atoms with E-state index in [9.17, 15) is 4.79 Å². The molecule has 3 nitrogen and oxygen atoms in total. The van der Waals surface area contributed by atoms with Crippen molar-refractivity contribution in [1.82, 2.24) is 4.90 Å². The third kappa shape index (κ3) is 5.12. The number of halogens is 1. The van der Waals surface area contributed by atoms with E-state index in [-0.39, 0.29) is 11.9 Å². The van der Waals surface area contributed by atoms with Gasteiger partial charge in [-0.15, -0.1) is 0 Å². The van der Waals surface area contributed by atoms with Gasteiger partial charge in [0.25, 0.3) is 0 Å². The van der Waals surface area contributed by atoms with Gasteiger partial charge >= 0.3 is 0 Å². The van der Waals surface area contributed by atoms with Crippen LogP contribution in [0.5, 0.6) is 0 Å². The summed E-state index contributed by atoms with van der Waals surface area (Å²) < 4.78 is 0. The molecule has 27 heavy (non-hydrogen) atoms. The number of nitrogens with zero attached hydrogens (tertiary/aromatic N) is 2. The monoisotopic (exact) mass is 384 g/mol. The highest BCUT2D eigenvalue weighted by Crippen LogP contribution is 2.27. The summed E-state index contributed by atoms with van der Waals surface area (Å²) in [7, 11) is 0. The van der Waals surface area contributed by atoms with Crippen LogP contribution in [0.4, 0.5) is 5.69 Å². The van der Waals surface area contributed by atoms with E-state index in [1.54, 1.807) is 0 Å². The number of carbonyl (C=O) groups is 1. The molecule has 1 amide bonds. The van der Waals surface area contributed by atoms with Crippen LogP contribution in [-0.2, 0) is 11.3 Å². The molecule has 0 atom stereocenters. The second-order valence-electron chi connectivity index (χ2n) is 7.45. The van der Waals surface area contributed by atoms with E-state index in [1.165, 1.54) is 11.1 Å². The highest BCUT2D eigenvalue weighted by atomic mass is 35.5. The summed E-state index contributed by atoms with van der Waals surface area (Å²) >= 11 is 6.31. The molecule has 0 unspecified atom stereocenters. The van der Waals surface area contributed by atoms with Crippen molar-refractivity contribution in [3.63, 3.8) is 0 Å². The maximum Gasteiger partial charge on any atom is 0.227 e. The second-order valence-corrected chi connectivity index (χ2v) is 7.86. The van der Waals surface area contributed by atoms with Crippen molar-refractivity contribution in [2.45, 2.75) is 52.1 Å². The third-order valence-electron chi connectivity index (χ3n) is 5.32. The average Bonchev–Trinajstić information content (AvgIpc) is 2.67. The van der Waals surface area contributed by atoms with E-state index in [4.69, 9.17) is 11.6 Å². The predicted octanol–water partition coefficient (Wildman–Crippen LogP) is 5.45. The average molecular weight is 385 g/mol. The Kier molecular flexibility index (Phi) is 6.92. The molecule has 2 aromatic carbocycles. The molecule has 0 radical (unpaired) electrons. The van der Waals surface area contributed by atoms with Crippen LogP contribution in [0.1, 0.15) is 43.7 Å². The van der Waals surface area contributed by atoms with Crippen LogP contribution in [0.3, 0.4) is 0 Å². The molecule has 0 saturated carbocycles. The fourth-order valence-electron chi connectivity index (χ4n) is 3.80. The molecule has 0 spiro atoms. The van der Waals surface area contributed by atoms with Crippen molar-refractivity contribution in [3.05, 3.63) is 64.7 Å². The third-order valence-corrected chi connectivity index (χ3v) is 5.69. The van der Waals surface area contributed by atoms with Gasteiger partial charge in [0.05, 0.1) is 0 Å². The maximum atomic E-state index is 12.8. The molecule has 4 heteroatoms. The van der Waals surface area contributed by atoms with Gasteiger partial charge in [-0.05, 0) is 49.9 Å². The molecule has 1 aliphatic heterocycles. The van der Waals surface area contributed by atoms with Crippen LogP contribution >= 0.6 is 11.6 Å². The number of carbonyl (C=O) groups excluding carboxylic acids is 1. The van der Waals surface area contributed by atoms with Gasteiger partial charge in [-0.2, -0.15) is 0 Å². The Morgan fingerprint density at radius 2 is 1.78 bits per heavy atom. The van der Waals surface area contributed by atoms with Crippen molar-refractivity contribution in [3.8, 4) is 0 Å². The molecule has 1 heterocycles. The maximum absolute atomic E-state index is 12.8. The minimum atomic E-state index is 0.242. The van der Waals surface area contributed by atoms with Gasteiger partial charge < -0.3 is 4.90 Å². The molecular formula is C23H29ClN2O. The summed E-state index contributed by atoms with van der Waals surface area (Å²) in [5.74, 6) is 0.242. The zero-order valence-corrected chi connectivity index (χ0v) is 17.1. The normalized spacial score (nSPS) is 15.7. The summed E-state index contributed by atoms with van der Waals surface area (Å²) in [6, 6.07) is 16.7.